The third kappa shape index (κ3) is 10.3. The van der Waals surface area contributed by atoms with Gasteiger partial charge in [0.2, 0.25) is 5.91 Å². The summed E-state index contributed by atoms with van der Waals surface area (Å²) in [4.78, 5) is 11.9. The van der Waals surface area contributed by atoms with E-state index in [9.17, 15) is 4.79 Å². The molecular weight excluding hydrogens is 426 g/mol. The van der Waals surface area contributed by atoms with Crippen LogP contribution in [0.3, 0.4) is 0 Å². The highest BCUT2D eigenvalue weighted by Crippen LogP contribution is 2.16. The molecule has 4 rings (SSSR count). The predicted molar refractivity (Wildman–Crippen MR) is 140 cm³/mol. The summed E-state index contributed by atoms with van der Waals surface area (Å²) in [6.07, 6.45) is 5.39. The lowest BCUT2D eigenvalue weighted by molar-refractivity contribution is -0.116. The Bertz CT molecular complexity index is 1030. The van der Waals surface area contributed by atoms with Crippen LogP contribution in [-0.4, -0.2) is 30.6 Å². The first-order valence-electron chi connectivity index (χ1n) is 11.3. The number of hydrogen-bond acceptors (Lipinski definition) is 3. The maximum absolute atomic E-state index is 11.9. The molecule has 1 N–H and O–H groups in total. The number of carbonyl (C=O) groups is 1. The molecule has 4 heteroatoms. The van der Waals surface area contributed by atoms with Crippen molar-refractivity contribution in [1.29, 1.82) is 0 Å². The number of nitrogens with one attached hydrogen (secondary N) is 1. The molecule has 0 radical (unpaired) electrons. The number of hydrogen-bond donors (Lipinski definition) is 1. The first kappa shape index (κ1) is 24.4. The fourth-order valence-electron chi connectivity index (χ4n) is 3.09. The van der Waals surface area contributed by atoms with Gasteiger partial charge in [-0.25, -0.2) is 0 Å². The first-order chi connectivity index (χ1) is 16.3. The summed E-state index contributed by atoms with van der Waals surface area (Å²) in [5.41, 5.74) is 3.73. The lowest BCUT2D eigenvalue weighted by Crippen LogP contribution is -2.23. The SMILES string of the molecule is O=C(/C=C/c1ccccc1)NCCSCCCOc1ccccccc2cc(cccc1)C2. The first-order valence-corrected chi connectivity index (χ1v) is 12.5. The maximum Gasteiger partial charge on any atom is 0.244 e. The predicted octanol–water partition coefficient (Wildman–Crippen LogP) is 6.17. The molecule has 3 nitrogen and oxygen atoms in total. The Labute approximate surface area is 201 Å². The maximum atomic E-state index is 11.9. The van der Waals surface area contributed by atoms with E-state index in [1.54, 1.807) is 6.08 Å². The van der Waals surface area contributed by atoms with Crippen molar-refractivity contribution in [1.82, 2.24) is 5.32 Å². The van der Waals surface area contributed by atoms with Crippen molar-refractivity contribution in [3.05, 3.63) is 120 Å². The molecule has 2 aliphatic rings. The van der Waals surface area contributed by atoms with Crippen LogP contribution in [0.4, 0.5) is 0 Å². The topological polar surface area (TPSA) is 38.3 Å². The molecule has 0 fully saturated rings. The summed E-state index contributed by atoms with van der Waals surface area (Å²) >= 11 is 1.82. The molecule has 0 aromatic heterocycles. The number of ether oxygens (including phenoxy) is 1. The molecule has 2 aromatic rings. The van der Waals surface area contributed by atoms with Crippen molar-refractivity contribution in [2.45, 2.75) is 12.8 Å². The van der Waals surface area contributed by atoms with Gasteiger partial charge in [0.25, 0.3) is 0 Å². The lowest BCUT2D eigenvalue weighted by atomic mass is 9.97. The van der Waals surface area contributed by atoms with E-state index in [0.717, 1.165) is 35.7 Å². The molecule has 2 aliphatic carbocycles. The quantitative estimate of drug-likeness (QED) is 0.292. The largest absolute Gasteiger partial charge is 0.494 e. The van der Waals surface area contributed by atoms with Crippen LogP contribution < -0.4 is 10.1 Å². The fourth-order valence-corrected chi connectivity index (χ4v) is 3.87. The summed E-state index contributed by atoms with van der Waals surface area (Å²) in [6, 6.07) is 32.5. The molecule has 170 valence electrons. The van der Waals surface area contributed by atoms with E-state index in [1.807, 2.05) is 84.6 Å². The molecule has 0 heterocycles. The van der Waals surface area contributed by atoms with Gasteiger partial charge in [-0.15, -0.1) is 0 Å². The minimum atomic E-state index is -0.0580. The van der Waals surface area contributed by atoms with Crippen molar-refractivity contribution in [2.24, 2.45) is 0 Å². The zero-order chi connectivity index (χ0) is 23.0. The zero-order valence-electron chi connectivity index (χ0n) is 18.9. The summed E-state index contributed by atoms with van der Waals surface area (Å²) in [5.74, 6) is 2.67. The van der Waals surface area contributed by atoms with E-state index in [4.69, 9.17) is 4.74 Å². The van der Waals surface area contributed by atoms with Crippen molar-refractivity contribution >= 4 is 23.7 Å². The summed E-state index contributed by atoms with van der Waals surface area (Å²) in [7, 11) is 0. The Morgan fingerprint density at radius 1 is 0.848 bits per heavy atom. The average molecular weight is 458 g/mol. The molecule has 33 heavy (non-hydrogen) atoms. The van der Waals surface area contributed by atoms with Crippen LogP contribution in [0.25, 0.3) is 6.08 Å². The van der Waals surface area contributed by atoms with Gasteiger partial charge >= 0.3 is 0 Å². The van der Waals surface area contributed by atoms with Crippen molar-refractivity contribution in [3.63, 3.8) is 0 Å². The molecule has 0 unspecified atom stereocenters. The van der Waals surface area contributed by atoms with Crippen LogP contribution >= 0.6 is 11.8 Å². The molecule has 0 atom stereocenters. The Morgan fingerprint density at radius 3 is 2.21 bits per heavy atom. The number of carbonyl (C=O) groups excluding carboxylic acids is 1. The van der Waals surface area contributed by atoms with Gasteiger partial charge in [0.05, 0.1) is 6.61 Å². The standard InChI is InChI=1S/C29H31NO2S/c31-29(18-17-25-11-5-3-6-12-25)30-19-22-33-21-10-20-32-28-15-7-2-1-4-13-26-23-27(24-26)14-8-9-16-28/h1-9,11-18,23H,10,19-22,24H2,(H,30,31)/b2-1?,4-1?,7-2?,9-8?,13-4?,14-8?,15-7?,16-9?,18-17+,26-13?,27-14?,28-15?,28-16?. The normalized spacial score (nSPS) is 11.0. The summed E-state index contributed by atoms with van der Waals surface area (Å²) in [6.45, 7) is 1.33. The van der Waals surface area contributed by atoms with Gasteiger partial charge in [0.15, 0.2) is 0 Å². The van der Waals surface area contributed by atoms with Crippen molar-refractivity contribution in [2.75, 3.05) is 24.7 Å². The fraction of sp³-hybridized carbons (Fsp3) is 0.207. The molecule has 2 aromatic carbocycles. The van der Waals surface area contributed by atoms with Crippen LogP contribution in [0, 0.1) is 0 Å². The highest BCUT2D eigenvalue weighted by molar-refractivity contribution is 7.99. The minimum Gasteiger partial charge on any atom is -0.494 e. The van der Waals surface area contributed by atoms with Gasteiger partial charge in [0.1, 0.15) is 5.75 Å². The Balaban J connectivity index is 1.33. The highest BCUT2D eigenvalue weighted by atomic mass is 32.2. The Hall–Kier alpha value is -3.24. The molecule has 0 spiro atoms. The van der Waals surface area contributed by atoms with Gasteiger partial charge in [-0.2, -0.15) is 11.8 Å². The number of rotatable bonds is 10. The molecule has 0 aliphatic heterocycles. The van der Waals surface area contributed by atoms with Crippen LogP contribution in [-0.2, 0) is 11.2 Å². The smallest absolute Gasteiger partial charge is 0.244 e. The molecule has 1 amide bonds. The Kier molecular flexibility index (Phi) is 10.9. The van der Waals surface area contributed by atoms with E-state index in [2.05, 4.69) is 35.6 Å². The molecule has 2 bridgehead atoms. The highest BCUT2D eigenvalue weighted by Gasteiger charge is 2.01. The van der Waals surface area contributed by atoms with E-state index >= 15 is 0 Å². The third-order valence-electron chi connectivity index (χ3n) is 4.84. The molecule has 0 saturated carbocycles. The van der Waals surface area contributed by atoms with E-state index in [1.165, 1.54) is 11.1 Å². The second kappa shape index (κ2) is 14.8. The second-order valence-electron chi connectivity index (χ2n) is 7.54. The molecular formula is C29H31NO2S. The number of thioether (sulfide) groups is 1. The monoisotopic (exact) mass is 457 g/mol. The Morgan fingerprint density at radius 2 is 1.45 bits per heavy atom. The second-order valence-corrected chi connectivity index (χ2v) is 8.77. The van der Waals surface area contributed by atoms with Crippen molar-refractivity contribution in [3.8, 4) is 5.75 Å². The van der Waals surface area contributed by atoms with Crippen LogP contribution in [0.5, 0.6) is 5.75 Å². The van der Waals surface area contributed by atoms with Gasteiger partial charge in [-0.05, 0) is 53.5 Å². The van der Waals surface area contributed by atoms with Gasteiger partial charge in [-0.3, -0.25) is 4.79 Å². The van der Waals surface area contributed by atoms with E-state index in [-0.39, 0.29) is 5.91 Å². The number of amides is 1. The summed E-state index contributed by atoms with van der Waals surface area (Å²) in [5, 5.41) is 2.92. The molecule has 0 saturated heterocycles. The number of benzene rings is 1. The summed E-state index contributed by atoms with van der Waals surface area (Å²) < 4.78 is 5.94. The van der Waals surface area contributed by atoms with Crippen LogP contribution in [0.2, 0.25) is 0 Å². The zero-order valence-corrected chi connectivity index (χ0v) is 19.7. The van der Waals surface area contributed by atoms with Gasteiger partial charge < -0.3 is 10.1 Å². The minimum absolute atomic E-state index is 0.0580. The number of fused-ring (bicyclic) bond motifs is 10. The van der Waals surface area contributed by atoms with Crippen LogP contribution in [0.1, 0.15) is 23.1 Å². The van der Waals surface area contributed by atoms with E-state index in [0.29, 0.717) is 13.2 Å². The third-order valence-corrected chi connectivity index (χ3v) is 5.91. The van der Waals surface area contributed by atoms with Gasteiger partial charge in [0, 0.05) is 18.4 Å². The van der Waals surface area contributed by atoms with Gasteiger partial charge in [-0.1, -0.05) is 84.9 Å². The lowest BCUT2D eigenvalue weighted by Gasteiger charge is -2.08. The van der Waals surface area contributed by atoms with Crippen molar-refractivity contribution < 1.29 is 9.53 Å². The van der Waals surface area contributed by atoms with Crippen LogP contribution in [0.15, 0.2) is 103 Å². The van der Waals surface area contributed by atoms with E-state index < -0.39 is 0 Å². The average Bonchev–Trinajstić information content (AvgIpc) is 2.81.